The molecular formula is C13H18O2. The van der Waals surface area contributed by atoms with E-state index in [-0.39, 0.29) is 17.1 Å². The van der Waals surface area contributed by atoms with E-state index >= 15 is 0 Å². The Kier molecular flexibility index (Phi) is 2.53. The third-order valence-electron chi connectivity index (χ3n) is 4.24. The minimum absolute atomic E-state index is 0.208. The van der Waals surface area contributed by atoms with Gasteiger partial charge in [-0.05, 0) is 44.4 Å². The molecule has 0 unspecified atom stereocenters. The zero-order valence-corrected chi connectivity index (χ0v) is 9.29. The average Bonchev–Trinajstić information content (AvgIpc) is 2.19. The Morgan fingerprint density at radius 2 is 2.40 bits per heavy atom. The van der Waals surface area contributed by atoms with E-state index in [0.717, 1.165) is 32.0 Å². The molecule has 3 rings (SSSR count). The maximum atomic E-state index is 11.3. The molecule has 0 N–H and O–H groups in total. The van der Waals surface area contributed by atoms with Crippen LogP contribution in [0.25, 0.3) is 0 Å². The molecule has 0 aliphatic heterocycles. The summed E-state index contributed by atoms with van der Waals surface area (Å²) in [5.74, 6) is 1.05. The number of Topliss-reactive ketones (excluding diaryl/α,β-unsaturated/α-hetero) is 1. The smallest absolute Gasteiger partial charge is 0.130 e. The Balaban J connectivity index is 2.23. The molecule has 3 aliphatic carbocycles. The van der Waals surface area contributed by atoms with E-state index in [0.29, 0.717) is 12.3 Å². The molecule has 82 valence electrons. The fourth-order valence-electron chi connectivity index (χ4n) is 3.34. The molecule has 0 saturated heterocycles. The first kappa shape index (κ1) is 10.6. The van der Waals surface area contributed by atoms with Gasteiger partial charge in [-0.15, -0.1) is 0 Å². The summed E-state index contributed by atoms with van der Waals surface area (Å²) in [6.45, 7) is 5.68. The molecule has 0 amide bonds. The van der Waals surface area contributed by atoms with Crippen molar-refractivity contribution in [3.05, 3.63) is 12.2 Å². The fraction of sp³-hybridized carbons (Fsp3) is 0.692. The van der Waals surface area contributed by atoms with Crippen LogP contribution in [0.4, 0.5) is 0 Å². The van der Waals surface area contributed by atoms with Crippen LogP contribution in [0.1, 0.15) is 39.0 Å². The molecule has 0 aromatic carbocycles. The number of hydrogen-bond acceptors (Lipinski definition) is 2. The Hall–Kier alpha value is -0.920. The molecule has 3 fully saturated rings. The van der Waals surface area contributed by atoms with Crippen molar-refractivity contribution in [3.63, 3.8) is 0 Å². The molecule has 2 heteroatoms. The van der Waals surface area contributed by atoms with E-state index in [1.165, 1.54) is 5.57 Å². The molecule has 0 heterocycles. The highest BCUT2D eigenvalue weighted by Gasteiger charge is 2.49. The first-order chi connectivity index (χ1) is 7.07. The maximum absolute atomic E-state index is 11.3. The number of allylic oxidation sites excluding steroid dienone is 1. The Morgan fingerprint density at radius 1 is 1.67 bits per heavy atom. The summed E-state index contributed by atoms with van der Waals surface area (Å²) < 4.78 is 0. The number of fused-ring (bicyclic) bond motifs is 3. The van der Waals surface area contributed by atoms with Gasteiger partial charge in [0.2, 0.25) is 0 Å². The van der Waals surface area contributed by atoms with E-state index in [1.54, 1.807) is 6.92 Å². The summed E-state index contributed by atoms with van der Waals surface area (Å²) >= 11 is 0. The molecule has 0 aromatic rings. The zero-order chi connectivity index (χ0) is 11.1. The van der Waals surface area contributed by atoms with E-state index in [2.05, 4.69) is 6.58 Å². The standard InChI is InChI=1S/C13H18O2/c1-9-7-13(8-14)4-3-11(9)6-12(13)5-10(2)15/h8,11-12H,1,3-7H2,2H3/t11-,12+,13-/m0/s1. The normalized spacial score (nSPS) is 39.1. The van der Waals surface area contributed by atoms with Gasteiger partial charge in [-0.3, -0.25) is 0 Å². The SMILES string of the molecule is C=C1C[C@]2(C=O)CC[C@H]1C[C@H]2CC(C)=O. The fourth-order valence-corrected chi connectivity index (χ4v) is 3.34. The second-order valence-corrected chi connectivity index (χ2v) is 5.26. The first-order valence-electron chi connectivity index (χ1n) is 5.71. The summed E-state index contributed by atoms with van der Waals surface area (Å²) in [6, 6.07) is 0. The molecule has 0 spiro atoms. The van der Waals surface area contributed by atoms with E-state index in [1.807, 2.05) is 0 Å². The van der Waals surface area contributed by atoms with Gasteiger partial charge >= 0.3 is 0 Å². The number of ketones is 1. The Bertz CT molecular complexity index is 318. The third kappa shape index (κ3) is 1.66. The lowest BCUT2D eigenvalue weighted by Gasteiger charge is -2.50. The van der Waals surface area contributed by atoms with Crippen molar-refractivity contribution >= 4 is 12.1 Å². The van der Waals surface area contributed by atoms with Gasteiger partial charge in [0, 0.05) is 11.8 Å². The predicted octanol–water partition coefficient (Wildman–Crippen LogP) is 2.53. The number of aldehydes is 1. The van der Waals surface area contributed by atoms with Crippen LogP contribution >= 0.6 is 0 Å². The largest absolute Gasteiger partial charge is 0.303 e. The number of carbonyl (C=O) groups excluding carboxylic acids is 2. The van der Waals surface area contributed by atoms with E-state index in [4.69, 9.17) is 0 Å². The molecule has 2 bridgehead atoms. The molecule has 0 aromatic heterocycles. The number of hydrogen-bond donors (Lipinski definition) is 0. The van der Waals surface area contributed by atoms with Gasteiger partial charge in [0.1, 0.15) is 12.1 Å². The van der Waals surface area contributed by atoms with Crippen LogP contribution in [-0.4, -0.2) is 12.1 Å². The quantitative estimate of drug-likeness (QED) is 0.525. The molecular weight excluding hydrogens is 188 g/mol. The summed E-state index contributed by atoms with van der Waals surface area (Å²) in [7, 11) is 0. The van der Waals surface area contributed by atoms with Crippen LogP contribution in [0.2, 0.25) is 0 Å². The number of rotatable bonds is 3. The van der Waals surface area contributed by atoms with Gasteiger partial charge in [-0.2, -0.15) is 0 Å². The van der Waals surface area contributed by atoms with Crippen molar-refractivity contribution in [1.82, 2.24) is 0 Å². The molecule has 3 saturated carbocycles. The Labute approximate surface area is 90.7 Å². The van der Waals surface area contributed by atoms with E-state index in [9.17, 15) is 9.59 Å². The molecule has 15 heavy (non-hydrogen) atoms. The predicted molar refractivity (Wildman–Crippen MR) is 58.4 cm³/mol. The lowest BCUT2D eigenvalue weighted by molar-refractivity contribution is -0.128. The van der Waals surface area contributed by atoms with Crippen molar-refractivity contribution in [2.45, 2.75) is 39.0 Å². The summed E-state index contributed by atoms with van der Waals surface area (Å²) in [6.07, 6.45) is 5.53. The molecule has 3 atom stereocenters. The lowest BCUT2D eigenvalue weighted by atomic mass is 9.53. The monoisotopic (exact) mass is 206 g/mol. The van der Waals surface area contributed by atoms with Gasteiger partial charge in [-0.1, -0.05) is 12.2 Å². The van der Waals surface area contributed by atoms with Gasteiger partial charge in [0.05, 0.1) is 0 Å². The molecule has 3 aliphatic rings. The number of carbonyl (C=O) groups is 2. The second-order valence-electron chi connectivity index (χ2n) is 5.26. The molecule has 0 radical (unpaired) electrons. The maximum Gasteiger partial charge on any atom is 0.130 e. The minimum Gasteiger partial charge on any atom is -0.303 e. The van der Waals surface area contributed by atoms with Crippen molar-refractivity contribution in [3.8, 4) is 0 Å². The van der Waals surface area contributed by atoms with Gasteiger partial charge < -0.3 is 9.59 Å². The van der Waals surface area contributed by atoms with Crippen LogP contribution in [-0.2, 0) is 9.59 Å². The van der Waals surface area contributed by atoms with Crippen LogP contribution in [0, 0.1) is 17.3 Å². The van der Waals surface area contributed by atoms with Crippen molar-refractivity contribution in [2.75, 3.05) is 0 Å². The van der Waals surface area contributed by atoms with Gasteiger partial charge in [-0.25, -0.2) is 0 Å². The van der Waals surface area contributed by atoms with Crippen molar-refractivity contribution < 1.29 is 9.59 Å². The highest BCUT2D eigenvalue weighted by Crippen LogP contribution is 2.55. The van der Waals surface area contributed by atoms with Crippen LogP contribution in [0.5, 0.6) is 0 Å². The van der Waals surface area contributed by atoms with Crippen molar-refractivity contribution in [2.24, 2.45) is 17.3 Å². The minimum atomic E-state index is -0.252. The summed E-state index contributed by atoms with van der Waals surface area (Å²) in [4.78, 5) is 22.5. The topological polar surface area (TPSA) is 34.1 Å². The zero-order valence-electron chi connectivity index (χ0n) is 9.29. The van der Waals surface area contributed by atoms with Gasteiger partial charge in [0.25, 0.3) is 0 Å². The summed E-state index contributed by atoms with van der Waals surface area (Å²) in [5, 5.41) is 0. The lowest BCUT2D eigenvalue weighted by Crippen LogP contribution is -2.44. The second kappa shape index (κ2) is 3.58. The van der Waals surface area contributed by atoms with E-state index < -0.39 is 0 Å². The van der Waals surface area contributed by atoms with Crippen LogP contribution in [0.3, 0.4) is 0 Å². The van der Waals surface area contributed by atoms with Crippen LogP contribution in [0.15, 0.2) is 12.2 Å². The van der Waals surface area contributed by atoms with Gasteiger partial charge in [0.15, 0.2) is 0 Å². The highest BCUT2D eigenvalue weighted by molar-refractivity contribution is 5.77. The third-order valence-corrected chi connectivity index (χ3v) is 4.24. The van der Waals surface area contributed by atoms with Crippen molar-refractivity contribution in [1.29, 1.82) is 0 Å². The summed E-state index contributed by atoms with van der Waals surface area (Å²) in [5.41, 5.74) is 0.977. The highest BCUT2D eigenvalue weighted by atomic mass is 16.1. The molecule has 2 nitrogen and oxygen atoms in total. The first-order valence-corrected chi connectivity index (χ1v) is 5.71. The average molecular weight is 206 g/mol. The Morgan fingerprint density at radius 3 is 2.93 bits per heavy atom. The van der Waals surface area contributed by atoms with Crippen LogP contribution < -0.4 is 0 Å².